The van der Waals surface area contributed by atoms with E-state index in [9.17, 15) is 9.70 Å². The molecular formula is C9H10N2O2. The van der Waals surface area contributed by atoms with Crippen LogP contribution in [0.3, 0.4) is 0 Å². The first-order valence-corrected chi connectivity index (χ1v) is 3.99. The average molecular weight is 178 g/mol. The molecule has 0 spiro atoms. The zero-order valence-corrected chi connectivity index (χ0v) is 7.28. The first kappa shape index (κ1) is 9.38. The lowest BCUT2D eigenvalue weighted by Gasteiger charge is -2.00. The quantitative estimate of drug-likeness (QED) is 0.718. The molecule has 68 valence electrons. The summed E-state index contributed by atoms with van der Waals surface area (Å²) in [5, 5.41) is 5.39. The van der Waals surface area contributed by atoms with Gasteiger partial charge >= 0.3 is 0 Å². The van der Waals surface area contributed by atoms with Crippen LogP contribution in [0.25, 0.3) is 0 Å². The Hall–Kier alpha value is -1.71. The van der Waals surface area contributed by atoms with Crippen molar-refractivity contribution in [3.63, 3.8) is 0 Å². The Morgan fingerprint density at radius 3 is 2.46 bits per heavy atom. The minimum absolute atomic E-state index is 0.139. The predicted octanol–water partition coefficient (Wildman–Crippen LogP) is 1.83. The topological polar surface area (TPSA) is 58.5 Å². The zero-order chi connectivity index (χ0) is 9.68. The Kier molecular flexibility index (Phi) is 3.14. The molecule has 0 aliphatic carbocycles. The van der Waals surface area contributed by atoms with E-state index in [2.05, 4.69) is 10.5 Å². The highest BCUT2D eigenvalue weighted by atomic mass is 16.3. The van der Waals surface area contributed by atoms with Crippen LogP contribution in [0.1, 0.15) is 17.3 Å². The molecule has 0 aliphatic rings. The van der Waals surface area contributed by atoms with Crippen molar-refractivity contribution in [1.82, 2.24) is 5.32 Å². The van der Waals surface area contributed by atoms with Crippen LogP contribution < -0.4 is 5.32 Å². The van der Waals surface area contributed by atoms with E-state index in [4.69, 9.17) is 0 Å². The van der Waals surface area contributed by atoms with Crippen LogP contribution in [-0.2, 0) is 0 Å². The molecular weight excluding hydrogens is 168 g/mol. The monoisotopic (exact) mass is 178 g/mol. The normalized spacial score (nSPS) is 9.31. The molecule has 0 bridgehead atoms. The third-order valence-corrected chi connectivity index (χ3v) is 1.57. The van der Waals surface area contributed by atoms with Crippen LogP contribution in [-0.4, -0.2) is 12.5 Å². The van der Waals surface area contributed by atoms with Crippen molar-refractivity contribution in [3.05, 3.63) is 34.7 Å². The second kappa shape index (κ2) is 4.35. The summed E-state index contributed by atoms with van der Waals surface area (Å²) in [4.78, 5) is 21.3. The minimum atomic E-state index is -0.139. The van der Waals surface area contributed by atoms with Crippen molar-refractivity contribution < 1.29 is 4.79 Å². The molecule has 1 amide bonds. The molecule has 4 heteroatoms. The Balaban J connectivity index is 2.79. The smallest absolute Gasteiger partial charge is 0.251 e. The SMILES string of the molecule is CCNC(=O)c1ccc(N=O)cc1. The molecule has 1 aromatic rings. The molecule has 0 saturated heterocycles. The molecule has 1 aromatic carbocycles. The van der Waals surface area contributed by atoms with E-state index >= 15 is 0 Å². The molecule has 0 heterocycles. The molecule has 0 atom stereocenters. The molecule has 0 radical (unpaired) electrons. The largest absolute Gasteiger partial charge is 0.352 e. The molecule has 0 aromatic heterocycles. The number of hydrogen-bond donors (Lipinski definition) is 1. The first-order valence-electron chi connectivity index (χ1n) is 3.99. The number of carbonyl (C=O) groups is 1. The zero-order valence-electron chi connectivity index (χ0n) is 7.28. The number of amides is 1. The lowest BCUT2D eigenvalue weighted by molar-refractivity contribution is 0.0956. The maximum Gasteiger partial charge on any atom is 0.251 e. The lowest BCUT2D eigenvalue weighted by Crippen LogP contribution is -2.22. The Bertz CT molecular complexity index is 306. The molecule has 0 unspecified atom stereocenters. The van der Waals surface area contributed by atoms with Gasteiger partial charge in [0.25, 0.3) is 5.91 Å². The van der Waals surface area contributed by atoms with Gasteiger partial charge in [-0.3, -0.25) is 4.79 Å². The van der Waals surface area contributed by atoms with Gasteiger partial charge in [-0.05, 0) is 36.4 Å². The van der Waals surface area contributed by atoms with Crippen LogP contribution in [0.5, 0.6) is 0 Å². The van der Waals surface area contributed by atoms with Gasteiger partial charge < -0.3 is 5.32 Å². The molecule has 1 N–H and O–H groups in total. The van der Waals surface area contributed by atoms with Crippen molar-refractivity contribution in [2.45, 2.75) is 6.92 Å². The summed E-state index contributed by atoms with van der Waals surface area (Å²) >= 11 is 0. The van der Waals surface area contributed by atoms with Gasteiger partial charge in [-0.1, -0.05) is 0 Å². The number of hydrogen-bond acceptors (Lipinski definition) is 3. The maximum absolute atomic E-state index is 11.2. The summed E-state index contributed by atoms with van der Waals surface area (Å²) in [6.45, 7) is 2.44. The molecule has 0 aliphatic heterocycles. The molecule has 1 rings (SSSR count). The van der Waals surface area contributed by atoms with E-state index in [-0.39, 0.29) is 5.91 Å². The summed E-state index contributed by atoms with van der Waals surface area (Å²) in [5.74, 6) is -0.139. The molecule has 4 nitrogen and oxygen atoms in total. The van der Waals surface area contributed by atoms with Crippen LogP contribution >= 0.6 is 0 Å². The van der Waals surface area contributed by atoms with E-state index in [1.807, 2.05) is 6.92 Å². The Labute approximate surface area is 75.9 Å². The maximum atomic E-state index is 11.2. The van der Waals surface area contributed by atoms with Crippen molar-refractivity contribution in [2.75, 3.05) is 6.54 Å². The van der Waals surface area contributed by atoms with Crippen molar-refractivity contribution in [1.29, 1.82) is 0 Å². The van der Waals surface area contributed by atoms with Gasteiger partial charge in [0.15, 0.2) is 0 Å². The number of rotatable bonds is 3. The van der Waals surface area contributed by atoms with Gasteiger partial charge in [0.1, 0.15) is 5.69 Å². The second-order valence-corrected chi connectivity index (χ2v) is 2.50. The van der Waals surface area contributed by atoms with Crippen LogP contribution in [0, 0.1) is 4.91 Å². The summed E-state index contributed by atoms with van der Waals surface area (Å²) in [6.07, 6.45) is 0. The minimum Gasteiger partial charge on any atom is -0.352 e. The summed E-state index contributed by atoms with van der Waals surface area (Å²) < 4.78 is 0. The Morgan fingerprint density at radius 1 is 1.38 bits per heavy atom. The number of nitrogens with one attached hydrogen (secondary N) is 1. The molecule has 0 saturated carbocycles. The van der Waals surface area contributed by atoms with Gasteiger partial charge in [-0.15, -0.1) is 4.91 Å². The van der Waals surface area contributed by atoms with Gasteiger partial charge in [-0.25, -0.2) is 0 Å². The highest BCUT2D eigenvalue weighted by Crippen LogP contribution is 2.11. The van der Waals surface area contributed by atoms with Crippen LogP contribution in [0.2, 0.25) is 0 Å². The number of nitrogens with zero attached hydrogens (tertiary/aromatic N) is 1. The number of carbonyl (C=O) groups excluding carboxylic acids is 1. The van der Waals surface area contributed by atoms with Gasteiger partial charge in [0.2, 0.25) is 0 Å². The van der Waals surface area contributed by atoms with E-state index < -0.39 is 0 Å². The number of benzene rings is 1. The fourth-order valence-corrected chi connectivity index (χ4v) is 0.936. The fourth-order valence-electron chi connectivity index (χ4n) is 0.936. The van der Waals surface area contributed by atoms with E-state index in [1.165, 1.54) is 12.1 Å². The second-order valence-electron chi connectivity index (χ2n) is 2.50. The summed E-state index contributed by atoms with van der Waals surface area (Å²) in [5.41, 5.74) is 0.863. The lowest BCUT2D eigenvalue weighted by atomic mass is 10.2. The first-order chi connectivity index (χ1) is 6.27. The highest BCUT2D eigenvalue weighted by molar-refractivity contribution is 5.94. The fraction of sp³-hybridized carbons (Fsp3) is 0.222. The van der Waals surface area contributed by atoms with Gasteiger partial charge in [-0.2, -0.15) is 0 Å². The van der Waals surface area contributed by atoms with E-state index in [0.29, 0.717) is 17.8 Å². The van der Waals surface area contributed by atoms with Crippen molar-refractivity contribution >= 4 is 11.6 Å². The third kappa shape index (κ3) is 2.37. The summed E-state index contributed by atoms with van der Waals surface area (Å²) in [7, 11) is 0. The summed E-state index contributed by atoms with van der Waals surface area (Å²) in [6, 6.07) is 6.17. The highest BCUT2D eigenvalue weighted by Gasteiger charge is 2.02. The van der Waals surface area contributed by atoms with E-state index in [1.54, 1.807) is 12.1 Å². The van der Waals surface area contributed by atoms with Crippen molar-refractivity contribution in [3.8, 4) is 0 Å². The average Bonchev–Trinajstić information content (AvgIpc) is 2.18. The molecule has 0 fully saturated rings. The number of nitroso groups, excluding NO2 is 1. The van der Waals surface area contributed by atoms with Crippen molar-refractivity contribution in [2.24, 2.45) is 5.18 Å². The third-order valence-electron chi connectivity index (χ3n) is 1.57. The van der Waals surface area contributed by atoms with Gasteiger partial charge in [0.05, 0.1) is 0 Å². The Morgan fingerprint density at radius 2 is 2.00 bits per heavy atom. The van der Waals surface area contributed by atoms with Crippen LogP contribution in [0.15, 0.2) is 29.4 Å². The van der Waals surface area contributed by atoms with Crippen LogP contribution in [0.4, 0.5) is 5.69 Å². The standard InChI is InChI=1S/C9H10N2O2/c1-2-10-9(12)7-3-5-8(11-13)6-4-7/h3-6H,2H2,1H3,(H,10,12). The predicted molar refractivity (Wildman–Crippen MR) is 49.9 cm³/mol. The van der Waals surface area contributed by atoms with Gasteiger partial charge in [0, 0.05) is 12.1 Å². The molecule has 13 heavy (non-hydrogen) atoms. The van der Waals surface area contributed by atoms with E-state index in [0.717, 1.165) is 0 Å².